The predicted octanol–water partition coefficient (Wildman–Crippen LogP) is 2.98. The summed E-state index contributed by atoms with van der Waals surface area (Å²) < 4.78 is 0. The van der Waals surface area contributed by atoms with E-state index in [1.165, 1.54) is 18.2 Å². The first-order valence-electron chi connectivity index (χ1n) is 3.12. The molecule has 1 rings (SSSR count). The molecule has 1 aromatic carbocycles. The van der Waals surface area contributed by atoms with Crippen LogP contribution in [0.1, 0.15) is 0 Å². The molecule has 0 unspecified atom stereocenters. The Kier molecular flexibility index (Phi) is 3.22. The van der Waals surface area contributed by atoms with Crippen molar-refractivity contribution in [3.8, 4) is 5.75 Å². The van der Waals surface area contributed by atoms with Gasteiger partial charge in [0.15, 0.2) is 5.75 Å². The summed E-state index contributed by atoms with van der Waals surface area (Å²) in [5, 5.41) is 8.70. The molecule has 0 heterocycles. The number of halogens is 2. The second kappa shape index (κ2) is 4.20. The van der Waals surface area contributed by atoms with Crippen molar-refractivity contribution in [3.63, 3.8) is 0 Å². The van der Waals surface area contributed by atoms with Gasteiger partial charge in [-0.15, -0.1) is 0 Å². The number of carboxylic acid groups (broad SMARTS) is 1. The van der Waals surface area contributed by atoms with Gasteiger partial charge in [-0.2, -0.15) is 0 Å². The van der Waals surface area contributed by atoms with Crippen molar-refractivity contribution in [2.45, 2.75) is 0 Å². The molecule has 0 bridgehead atoms. The molecule has 70 valence electrons. The zero-order chi connectivity index (χ0) is 9.84. The van der Waals surface area contributed by atoms with Gasteiger partial charge in [-0.05, 0) is 18.2 Å². The molecular formula is C7H4Cl2O4. The van der Waals surface area contributed by atoms with Crippen LogP contribution in [0.4, 0.5) is 4.79 Å². The van der Waals surface area contributed by atoms with Gasteiger partial charge in [-0.1, -0.05) is 23.2 Å². The summed E-state index contributed by atoms with van der Waals surface area (Å²) >= 11 is 11.2. The fraction of sp³-hybridized carbons (Fsp3) is 0. The average molecular weight is 223 g/mol. The van der Waals surface area contributed by atoms with E-state index in [2.05, 4.69) is 9.78 Å². The highest BCUT2D eigenvalue weighted by Gasteiger charge is 2.05. The summed E-state index contributed by atoms with van der Waals surface area (Å²) in [4.78, 5) is 18.1. The van der Waals surface area contributed by atoms with Crippen molar-refractivity contribution in [1.29, 1.82) is 0 Å². The molecule has 0 aromatic heterocycles. The van der Waals surface area contributed by atoms with Crippen molar-refractivity contribution in [2.75, 3.05) is 0 Å². The molecule has 1 N–H and O–H groups in total. The van der Waals surface area contributed by atoms with E-state index in [4.69, 9.17) is 28.3 Å². The monoisotopic (exact) mass is 222 g/mol. The number of carbonyl (C=O) groups is 1. The molecule has 0 fully saturated rings. The minimum atomic E-state index is -1.55. The summed E-state index contributed by atoms with van der Waals surface area (Å²) in [6.45, 7) is 0. The van der Waals surface area contributed by atoms with Gasteiger partial charge in [0, 0.05) is 5.02 Å². The summed E-state index contributed by atoms with van der Waals surface area (Å²) in [5.74, 6) is 0.0912. The first-order chi connectivity index (χ1) is 6.09. The Morgan fingerprint density at radius 2 is 2.08 bits per heavy atom. The van der Waals surface area contributed by atoms with Crippen LogP contribution < -0.4 is 4.89 Å². The highest BCUT2D eigenvalue weighted by Crippen LogP contribution is 2.27. The lowest BCUT2D eigenvalue weighted by molar-refractivity contribution is -0.160. The molecule has 0 saturated carbocycles. The van der Waals surface area contributed by atoms with Crippen LogP contribution >= 0.6 is 23.2 Å². The van der Waals surface area contributed by atoms with Crippen LogP contribution in [-0.4, -0.2) is 11.3 Å². The third-order valence-electron chi connectivity index (χ3n) is 1.10. The number of benzene rings is 1. The zero-order valence-corrected chi connectivity index (χ0v) is 7.67. The lowest BCUT2D eigenvalue weighted by Crippen LogP contribution is -2.04. The van der Waals surface area contributed by atoms with Crippen molar-refractivity contribution >= 4 is 29.4 Å². The van der Waals surface area contributed by atoms with Crippen molar-refractivity contribution < 1.29 is 19.7 Å². The second-order valence-electron chi connectivity index (χ2n) is 2.01. The lowest BCUT2D eigenvalue weighted by atomic mass is 10.3. The smallest absolute Gasteiger partial charge is 0.447 e. The molecule has 0 saturated heterocycles. The van der Waals surface area contributed by atoms with E-state index in [9.17, 15) is 4.79 Å². The Hall–Kier alpha value is -1.13. The Morgan fingerprint density at radius 1 is 1.38 bits per heavy atom. The Bertz CT molecular complexity index is 326. The first-order valence-corrected chi connectivity index (χ1v) is 3.87. The number of hydrogen-bond acceptors (Lipinski definition) is 3. The molecule has 6 heteroatoms. The number of rotatable bonds is 2. The third-order valence-corrected chi connectivity index (χ3v) is 1.63. The summed E-state index contributed by atoms with van der Waals surface area (Å²) in [6.07, 6.45) is -1.55. The van der Waals surface area contributed by atoms with Crippen molar-refractivity contribution in [3.05, 3.63) is 28.2 Å². The lowest BCUT2D eigenvalue weighted by Gasteiger charge is -2.02. The van der Waals surface area contributed by atoms with Gasteiger partial charge < -0.3 is 5.11 Å². The molecule has 0 aliphatic rings. The standard InChI is InChI=1S/C7H4Cl2O4/c8-4-1-2-6(5(9)3-4)12-13-7(10)11/h1-3H,(H,10,11). The Morgan fingerprint density at radius 3 is 2.62 bits per heavy atom. The molecule has 0 atom stereocenters. The summed E-state index contributed by atoms with van der Waals surface area (Å²) in [5.41, 5.74) is 0. The molecule has 13 heavy (non-hydrogen) atoms. The van der Waals surface area contributed by atoms with Crippen LogP contribution in [0.3, 0.4) is 0 Å². The van der Waals surface area contributed by atoms with Gasteiger partial charge in [0.25, 0.3) is 0 Å². The van der Waals surface area contributed by atoms with E-state index in [0.29, 0.717) is 5.02 Å². The fourth-order valence-corrected chi connectivity index (χ4v) is 1.06. The molecule has 0 radical (unpaired) electrons. The van der Waals surface area contributed by atoms with E-state index in [0.717, 1.165) is 0 Å². The quantitative estimate of drug-likeness (QED) is 0.618. The van der Waals surface area contributed by atoms with Gasteiger partial charge in [-0.3, -0.25) is 4.89 Å². The minimum absolute atomic E-state index is 0.0912. The summed E-state index contributed by atoms with van der Waals surface area (Å²) in [7, 11) is 0. The van der Waals surface area contributed by atoms with Crippen LogP contribution in [0.15, 0.2) is 18.2 Å². The molecule has 0 amide bonds. The van der Waals surface area contributed by atoms with Gasteiger partial charge in [-0.25, -0.2) is 9.68 Å². The third kappa shape index (κ3) is 3.01. The Balaban J connectivity index is 2.72. The highest BCUT2D eigenvalue weighted by molar-refractivity contribution is 6.35. The van der Waals surface area contributed by atoms with Crippen molar-refractivity contribution in [2.24, 2.45) is 0 Å². The highest BCUT2D eigenvalue weighted by atomic mass is 35.5. The maximum absolute atomic E-state index is 9.93. The molecular weight excluding hydrogens is 219 g/mol. The van der Waals surface area contributed by atoms with Crippen LogP contribution in [-0.2, 0) is 4.89 Å². The maximum Gasteiger partial charge on any atom is 0.547 e. The van der Waals surface area contributed by atoms with Crippen LogP contribution in [0, 0.1) is 0 Å². The Labute approximate surface area is 83.5 Å². The van der Waals surface area contributed by atoms with Gasteiger partial charge in [0.2, 0.25) is 0 Å². The first kappa shape index (κ1) is 9.95. The van der Waals surface area contributed by atoms with E-state index < -0.39 is 6.16 Å². The minimum Gasteiger partial charge on any atom is -0.447 e. The average Bonchev–Trinajstić information content (AvgIpc) is 2.02. The molecule has 0 aliphatic carbocycles. The van der Waals surface area contributed by atoms with E-state index >= 15 is 0 Å². The molecule has 0 aliphatic heterocycles. The molecule has 1 aromatic rings. The van der Waals surface area contributed by atoms with Crippen molar-refractivity contribution in [1.82, 2.24) is 0 Å². The largest absolute Gasteiger partial charge is 0.547 e. The topological polar surface area (TPSA) is 55.8 Å². The van der Waals surface area contributed by atoms with Crippen LogP contribution in [0.5, 0.6) is 5.75 Å². The summed E-state index contributed by atoms with van der Waals surface area (Å²) in [6, 6.07) is 4.30. The van der Waals surface area contributed by atoms with Gasteiger partial charge in [0.1, 0.15) is 0 Å². The normalized spacial score (nSPS) is 9.38. The zero-order valence-electron chi connectivity index (χ0n) is 6.16. The number of hydrogen-bond donors (Lipinski definition) is 1. The molecule has 4 nitrogen and oxygen atoms in total. The predicted molar refractivity (Wildman–Crippen MR) is 46.2 cm³/mol. The van der Waals surface area contributed by atoms with Gasteiger partial charge in [0.05, 0.1) is 5.02 Å². The fourth-order valence-electron chi connectivity index (χ4n) is 0.623. The van der Waals surface area contributed by atoms with Crippen LogP contribution in [0.25, 0.3) is 0 Å². The van der Waals surface area contributed by atoms with E-state index in [1.54, 1.807) is 0 Å². The van der Waals surface area contributed by atoms with Crippen LogP contribution in [0.2, 0.25) is 10.0 Å². The maximum atomic E-state index is 9.93. The van der Waals surface area contributed by atoms with Gasteiger partial charge >= 0.3 is 6.16 Å². The molecule has 0 spiro atoms. The van der Waals surface area contributed by atoms with E-state index in [-0.39, 0.29) is 10.8 Å². The SMILES string of the molecule is O=C(O)OOc1ccc(Cl)cc1Cl. The van der Waals surface area contributed by atoms with E-state index in [1.807, 2.05) is 0 Å². The second-order valence-corrected chi connectivity index (χ2v) is 2.85.